The average molecular weight is 315 g/mol. The highest BCUT2D eigenvalue weighted by molar-refractivity contribution is 6.30. The summed E-state index contributed by atoms with van der Waals surface area (Å²) in [4.78, 5) is 24.4. The fraction of sp³-hybridized carbons (Fsp3) is 0.429. The lowest BCUT2D eigenvalue weighted by molar-refractivity contribution is -0.141. The number of nitrogens with zero attached hydrogens (tertiary/aromatic N) is 1. The average Bonchev–Trinajstić information content (AvgIpc) is 2.42. The van der Waals surface area contributed by atoms with Crippen molar-refractivity contribution in [3.8, 4) is 0 Å². The number of aliphatic hydroxyl groups is 1. The number of hydrogen-bond acceptors (Lipinski definition) is 3. The monoisotopic (exact) mass is 314 g/mol. The molecule has 0 aliphatic heterocycles. The highest BCUT2D eigenvalue weighted by Gasteiger charge is 2.27. The van der Waals surface area contributed by atoms with E-state index in [1.807, 2.05) is 6.07 Å². The number of benzene rings is 1. The van der Waals surface area contributed by atoms with Gasteiger partial charge in [-0.05, 0) is 31.5 Å². The predicted molar refractivity (Wildman–Crippen MR) is 79.3 cm³/mol. The number of rotatable bonds is 5. The van der Waals surface area contributed by atoms with Crippen LogP contribution in [0.5, 0.6) is 0 Å². The number of carboxylic acids is 1. The number of halogens is 1. The number of nitrogens with one attached hydrogen (secondary N) is 1. The van der Waals surface area contributed by atoms with Gasteiger partial charge in [-0.25, -0.2) is 9.59 Å². The Morgan fingerprint density at radius 1 is 1.33 bits per heavy atom. The molecule has 3 N–H and O–H groups in total. The molecular weight excluding hydrogens is 296 g/mol. The standard InChI is InChI=1S/C14H19ClN2O4/c1-8(10-5-4-6-11(15)7-10)17(3)14(21)16-12(9(2)18)13(19)20/h4-9,12,18H,1-3H3,(H,16,21)(H,19,20)/t8?,9-,12+/m1/s1. The molecule has 0 saturated heterocycles. The minimum atomic E-state index is -1.36. The van der Waals surface area contributed by atoms with Gasteiger partial charge in [-0.2, -0.15) is 0 Å². The van der Waals surface area contributed by atoms with E-state index in [0.717, 1.165) is 5.56 Å². The summed E-state index contributed by atoms with van der Waals surface area (Å²) in [5, 5.41) is 21.2. The molecule has 6 nitrogen and oxygen atoms in total. The van der Waals surface area contributed by atoms with Gasteiger partial charge in [0, 0.05) is 12.1 Å². The maximum Gasteiger partial charge on any atom is 0.328 e. The Labute approximate surface area is 128 Å². The van der Waals surface area contributed by atoms with Crippen LogP contribution in [0.3, 0.4) is 0 Å². The van der Waals surface area contributed by atoms with Crippen molar-refractivity contribution in [2.75, 3.05) is 7.05 Å². The van der Waals surface area contributed by atoms with Gasteiger partial charge >= 0.3 is 12.0 Å². The summed E-state index contributed by atoms with van der Waals surface area (Å²) < 4.78 is 0. The summed E-state index contributed by atoms with van der Waals surface area (Å²) in [6, 6.07) is 4.82. The molecule has 0 saturated carbocycles. The first-order valence-corrected chi connectivity index (χ1v) is 6.81. The first-order chi connectivity index (χ1) is 9.73. The molecule has 1 aromatic carbocycles. The Morgan fingerprint density at radius 3 is 2.43 bits per heavy atom. The molecule has 1 rings (SSSR count). The van der Waals surface area contributed by atoms with Crippen LogP contribution in [0.1, 0.15) is 25.5 Å². The van der Waals surface area contributed by atoms with Crippen molar-refractivity contribution in [1.29, 1.82) is 0 Å². The van der Waals surface area contributed by atoms with E-state index in [-0.39, 0.29) is 6.04 Å². The summed E-state index contributed by atoms with van der Waals surface area (Å²) >= 11 is 5.91. The van der Waals surface area contributed by atoms with Crippen LogP contribution >= 0.6 is 11.6 Å². The van der Waals surface area contributed by atoms with Gasteiger partial charge in [0.05, 0.1) is 12.1 Å². The minimum Gasteiger partial charge on any atom is -0.480 e. The lowest BCUT2D eigenvalue weighted by Crippen LogP contribution is -2.51. The van der Waals surface area contributed by atoms with Gasteiger partial charge in [-0.3, -0.25) is 0 Å². The zero-order chi connectivity index (χ0) is 16.2. The second kappa shape index (κ2) is 7.28. The van der Waals surface area contributed by atoms with E-state index in [4.69, 9.17) is 16.7 Å². The van der Waals surface area contributed by atoms with Crippen molar-refractivity contribution in [1.82, 2.24) is 10.2 Å². The number of amides is 2. The smallest absolute Gasteiger partial charge is 0.328 e. The molecule has 0 aromatic heterocycles. The number of carboxylic acid groups (broad SMARTS) is 1. The highest BCUT2D eigenvalue weighted by atomic mass is 35.5. The van der Waals surface area contributed by atoms with Crippen LogP contribution in [0.25, 0.3) is 0 Å². The van der Waals surface area contributed by atoms with Crippen molar-refractivity contribution in [2.24, 2.45) is 0 Å². The zero-order valence-corrected chi connectivity index (χ0v) is 12.8. The normalized spacial score (nSPS) is 14.9. The lowest BCUT2D eigenvalue weighted by Gasteiger charge is -2.28. The van der Waals surface area contributed by atoms with E-state index in [1.54, 1.807) is 32.2 Å². The molecule has 2 amide bonds. The van der Waals surface area contributed by atoms with Crippen LogP contribution in [0.2, 0.25) is 5.02 Å². The molecule has 116 valence electrons. The fourth-order valence-electron chi connectivity index (χ4n) is 1.79. The molecule has 0 radical (unpaired) electrons. The van der Waals surface area contributed by atoms with Gasteiger partial charge in [0.2, 0.25) is 0 Å². The fourth-order valence-corrected chi connectivity index (χ4v) is 1.99. The number of aliphatic hydroxyl groups excluding tert-OH is 1. The van der Waals surface area contributed by atoms with Crippen molar-refractivity contribution < 1.29 is 19.8 Å². The van der Waals surface area contributed by atoms with Crippen molar-refractivity contribution in [2.45, 2.75) is 32.0 Å². The molecule has 21 heavy (non-hydrogen) atoms. The highest BCUT2D eigenvalue weighted by Crippen LogP contribution is 2.21. The SMILES string of the molecule is CC(c1cccc(Cl)c1)N(C)C(=O)N[C@H](C(=O)O)[C@@H](C)O. The van der Waals surface area contributed by atoms with E-state index >= 15 is 0 Å². The van der Waals surface area contributed by atoms with Crippen LogP contribution < -0.4 is 5.32 Å². The quantitative estimate of drug-likeness (QED) is 0.774. The van der Waals surface area contributed by atoms with E-state index in [9.17, 15) is 14.7 Å². The molecule has 3 atom stereocenters. The van der Waals surface area contributed by atoms with Crippen LogP contribution in [-0.2, 0) is 4.79 Å². The molecule has 0 aliphatic rings. The topological polar surface area (TPSA) is 89.9 Å². The van der Waals surface area contributed by atoms with Crippen LogP contribution in [0, 0.1) is 0 Å². The molecule has 0 aliphatic carbocycles. The molecule has 0 spiro atoms. The Kier molecular flexibility index (Phi) is 5.99. The van der Waals surface area contributed by atoms with E-state index in [2.05, 4.69) is 5.32 Å². The van der Waals surface area contributed by atoms with Gasteiger partial charge in [0.25, 0.3) is 0 Å². The maximum absolute atomic E-state index is 12.1. The number of carbonyl (C=O) groups is 2. The number of aliphatic carboxylic acids is 1. The van der Waals surface area contributed by atoms with Crippen LogP contribution in [0.15, 0.2) is 24.3 Å². The predicted octanol–water partition coefficient (Wildman–Crippen LogP) is 1.88. The lowest BCUT2D eigenvalue weighted by atomic mass is 10.1. The van der Waals surface area contributed by atoms with Crippen LogP contribution in [-0.4, -0.2) is 46.3 Å². The first kappa shape index (κ1) is 17.3. The molecule has 1 aromatic rings. The summed E-state index contributed by atoms with van der Waals surface area (Å²) in [6.07, 6.45) is -1.19. The first-order valence-electron chi connectivity index (χ1n) is 6.43. The third-order valence-electron chi connectivity index (χ3n) is 3.26. The third kappa shape index (κ3) is 4.61. The Bertz CT molecular complexity index is 521. The molecule has 0 bridgehead atoms. The molecule has 0 heterocycles. The molecule has 1 unspecified atom stereocenters. The summed E-state index contributed by atoms with van der Waals surface area (Å²) in [6.45, 7) is 3.10. The summed E-state index contributed by atoms with van der Waals surface area (Å²) in [5.74, 6) is -1.29. The number of carbonyl (C=O) groups excluding carboxylic acids is 1. The molecular formula is C14H19ClN2O4. The largest absolute Gasteiger partial charge is 0.480 e. The van der Waals surface area contributed by atoms with E-state index < -0.39 is 24.1 Å². The van der Waals surface area contributed by atoms with Gasteiger partial charge < -0.3 is 20.4 Å². The summed E-state index contributed by atoms with van der Waals surface area (Å²) in [5.41, 5.74) is 0.823. The van der Waals surface area contributed by atoms with Crippen molar-refractivity contribution in [3.05, 3.63) is 34.9 Å². The minimum absolute atomic E-state index is 0.299. The second-order valence-corrected chi connectivity index (χ2v) is 5.28. The zero-order valence-electron chi connectivity index (χ0n) is 12.1. The molecule has 7 heteroatoms. The Balaban J connectivity index is 2.80. The number of urea groups is 1. The maximum atomic E-state index is 12.1. The number of hydrogen-bond donors (Lipinski definition) is 3. The van der Waals surface area contributed by atoms with Crippen molar-refractivity contribution in [3.63, 3.8) is 0 Å². The van der Waals surface area contributed by atoms with Gasteiger partial charge in [-0.15, -0.1) is 0 Å². The van der Waals surface area contributed by atoms with E-state index in [0.29, 0.717) is 5.02 Å². The van der Waals surface area contributed by atoms with Crippen LogP contribution in [0.4, 0.5) is 4.79 Å². The van der Waals surface area contributed by atoms with Crippen molar-refractivity contribution >= 4 is 23.6 Å². The Morgan fingerprint density at radius 2 is 1.95 bits per heavy atom. The van der Waals surface area contributed by atoms with Gasteiger partial charge in [-0.1, -0.05) is 23.7 Å². The summed E-state index contributed by atoms with van der Waals surface area (Å²) in [7, 11) is 1.54. The third-order valence-corrected chi connectivity index (χ3v) is 3.49. The van der Waals surface area contributed by atoms with E-state index in [1.165, 1.54) is 11.8 Å². The molecule has 0 fully saturated rings. The van der Waals surface area contributed by atoms with Gasteiger partial charge in [0.1, 0.15) is 0 Å². The second-order valence-electron chi connectivity index (χ2n) is 4.85. The van der Waals surface area contributed by atoms with Gasteiger partial charge in [0.15, 0.2) is 6.04 Å². The Hall–Kier alpha value is -1.79.